The van der Waals surface area contributed by atoms with Crippen molar-refractivity contribution in [1.82, 2.24) is 0 Å². The van der Waals surface area contributed by atoms with Crippen LogP contribution in [0, 0.1) is 0 Å². The summed E-state index contributed by atoms with van der Waals surface area (Å²) in [7, 11) is 0. The Bertz CT molecular complexity index is 1160. The molecule has 0 aliphatic rings. The minimum absolute atomic E-state index is 0.830. The van der Waals surface area contributed by atoms with Crippen molar-refractivity contribution in [2.75, 3.05) is 0 Å². The molecule has 138 valence electrons. The Morgan fingerprint density at radius 1 is 0.536 bits per heavy atom. The van der Waals surface area contributed by atoms with Crippen LogP contribution in [-0.4, -0.2) is 0 Å². The van der Waals surface area contributed by atoms with E-state index in [9.17, 15) is 4.57 Å². The lowest BCUT2D eigenvalue weighted by Gasteiger charge is -2.10. The molecule has 0 spiro atoms. The molecular weight excluding hydrogens is 447 g/mol. The molecule has 28 heavy (non-hydrogen) atoms. The number of benzene rings is 4. The van der Waals surface area contributed by atoms with Crippen molar-refractivity contribution >= 4 is 63.5 Å². The highest BCUT2D eigenvalue weighted by Gasteiger charge is 2.22. The van der Waals surface area contributed by atoms with Gasteiger partial charge in [-0.15, -0.1) is 11.3 Å². The van der Waals surface area contributed by atoms with E-state index in [1.165, 1.54) is 20.2 Å². The standard InChI is InChI=1S/C12H10BrOP.C12H8S/c13-15(14,11-7-3-1-4-8-11)12-9-5-2-6-10-12;1-3-7-11-9(5-1)10-6-2-4-8-12(10)13-11/h1-10H;1-8H. The van der Waals surface area contributed by atoms with Gasteiger partial charge >= 0.3 is 0 Å². The van der Waals surface area contributed by atoms with Gasteiger partial charge < -0.3 is 4.57 Å². The topological polar surface area (TPSA) is 17.1 Å². The second kappa shape index (κ2) is 8.45. The highest BCUT2D eigenvalue weighted by atomic mass is 79.9. The van der Waals surface area contributed by atoms with Crippen molar-refractivity contribution in [2.45, 2.75) is 0 Å². The molecular formula is C24H18BrOPS. The molecule has 4 heteroatoms. The van der Waals surface area contributed by atoms with Crippen LogP contribution in [0.3, 0.4) is 0 Å². The van der Waals surface area contributed by atoms with Gasteiger partial charge in [0.1, 0.15) is 0 Å². The molecule has 1 aromatic heterocycles. The second-order valence-electron chi connectivity index (χ2n) is 6.30. The van der Waals surface area contributed by atoms with Gasteiger partial charge in [-0.2, -0.15) is 0 Å². The molecule has 5 aromatic rings. The van der Waals surface area contributed by atoms with Crippen LogP contribution in [-0.2, 0) is 4.57 Å². The molecule has 5 rings (SSSR count). The summed E-state index contributed by atoms with van der Waals surface area (Å²) < 4.78 is 15.3. The van der Waals surface area contributed by atoms with E-state index in [2.05, 4.69) is 64.0 Å². The monoisotopic (exact) mass is 464 g/mol. The van der Waals surface area contributed by atoms with E-state index in [1.54, 1.807) is 0 Å². The maximum absolute atomic E-state index is 12.5. The molecule has 0 aliphatic carbocycles. The molecule has 0 fully saturated rings. The van der Waals surface area contributed by atoms with Crippen LogP contribution in [0.2, 0.25) is 0 Å². The first kappa shape index (κ1) is 19.1. The predicted octanol–water partition coefficient (Wildman–Crippen LogP) is 7.36. The fourth-order valence-electron chi connectivity index (χ4n) is 3.06. The largest absolute Gasteiger partial charge is 0.302 e. The van der Waals surface area contributed by atoms with Gasteiger partial charge in [-0.3, -0.25) is 0 Å². The first-order valence-electron chi connectivity index (χ1n) is 8.93. The molecule has 0 unspecified atom stereocenters. The average Bonchev–Trinajstić information content (AvgIpc) is 3.14. The van der Waals surface area contributed by atoms with Crippen molar-refractivity contribution < 1.29 is 4.57 Å². The normalized spacial score (nSPS) is 11.2. The molecule has 1 nitrogen and oxygen atoms in total. The molecule has 0 N–H and O–H groups in total. The number of halogens is 1. The Labute approximate surface area is 176 Å². The summed E-state index contributed by atoms with van der Waals surface area (Å²) in [6.07, 6.45) is 0. The van der Waals surface area contributed by atoms with Crippen molar-refractivity contribution in [3.63, 3.8) is 0 Å². The fraction of sp³-hybridized carbons (Fsp3) is 0. The Kier molecular flexibility index (Phi) is 5.77. The Hall–Kier alpha value is -2.19. The van der Waals surface area contributed by atoms with E-state index in [0.717, 1.165) is 10.6 Å². The summed E-state index contributed by atoms with van der Waals surface area (Å²) in [5.74, 6) is -2.58. The molecule has 4 aromatic carbocycles. The third-order valence-electron chi connectivity index (χ3n) is 4.46. The van der Waals surface area contributed by atoms with Gasteiger partial charge in [0.15, 0.2) is 0 Å². The molecule has 0 aliphatic heterocycles. The smallest absolute Gasteiger partial charge is 0.203 e. The second-order valence-corrected chi connectivity index (χ2v) is 12.5. The molecule has 1 heterocycles. The zero-order valence-corrected chi connectivity index (χ0v) is 18.3. The van der Waals surface area contributed by atoms with E-state index >= 15 is 0 Å². The van der Waals surface area contributed by atoms with Crippen molar-refractivity contribution in [1.29, 1.82) is 0 Å². The molecule has 0 saturated heterocycles. The molecule has 0 saturated carbocycles. The summed E-state index contributed by atoms with van der Waals surface area (Å²) in [6.45, 7) is 0. The lowest BCUT2D eigenvalue weighted by molar-refractivity contribution is 0.596. The molecule has 0 atom stereocenters. The average molecular weight is 465 g/mol. The molecule has 0 radical (unpaired) electrons. The summed E-state index contributed by atoms with van der Waals surface area (Å²) in [5.41, 5.74) is 0. The predicted molar refractivity (Wildman–Crippen MR) is 128 cm³/mol. The van der Waals surface area contributed by atoms with E-state index in [4.69, 9.17) is 0 Å². The van der Waals surface area contributed by atoms with E-state index in [1.807, 2.05) is 72.0 Å². The van der Waals surface area contributed by atoms with Crippen LogP contribution < -0.4 is 10.6 Å². The van der Waals surface area contributed by atoms with Gasteiger partial charge in [0, 0.05) is 30.8 Å². The van der Waals surface area contributed by atoms with E-state index in [-0.39, 0.29) is 0 Å². The van der Waals surface area contributed by atoms with Gasteiger partial charge in [-0.1, -0.05) is 97.1 Å². The van der Waals surface area contributed by atoms with Gasteiger partial charge in [-0.05, 0) is 27.6 Å². The Morgan fingerprint density at radius 3 is 1.32 bits per heavy atom. The first-order valence-corrected chi connectivity index (χ1v) is 13.5. The maximum Gasteiger partial charge on any atom is 0.203 e. The third-order valence-corrected chi connectivity index (χ3v) is 9.99. The Balaban J connectivity index is 0.000000138. The van der Waals surface area contributed by atoms with Crippen LogP contribution in [0.5, 0.6) is 0 Å². The van der Waals surface area contributed by atoms with Crippen LogP contribution in [0.4, 0.5) is 0 Å². The van der Waals surface area contributed by atoms with Crippen molar-refractivity contribution in [3.05, 3.63) is 109 Å². The van der Waals surface area contributed by atoms with Crippen LogP contribution >= 0.6 is 32.7 Å². The van der Waals surface area contributed by atoms with Gasteiger partial charge in [0.2, 0.25) is 5.84 Å². The minimum atomic E-state index is -2.58. The molecule has 0 bridgehead atoms. The SMILES string of the molecule is O=P(Br)(c1ccccc1)c1ccccc1.c1ccc2c(c1)sc1ccccc12. The van der Waals surface area contributed by atoms with Crippen molar-refractivity contribution in [2.24, 2.45) is 0 Å². The van der Waals surface area contributed by atoms with Crippen LogP contribution in [0.15, 0.2) is 109 Å². The zero-order valence-electron chi connectivity index (χ0n) is 15.0. The fourth-order valence-corrected chi connectivity index (χ4v) is 7.00. The number of rotatable bonds is 2. The highest BCUT2D eigenvalue weighted by Crippen LogP contribution is 2.51. The number of hydrogen-bond acceptors (Lipinski definition) is 2. The van der Waals surface area contributed by atoms with E-state index in [0.29, 0.717) is 0 Å². The number of thiophene rings is 1. The molecule has 0 amide bonds. The zero-order chi connectivity index (χ0) is 19.4. The summed E-state index contributed by atoms with van der Waals surface area (Å²) in [6, 6.07) is 36.1. The quantitative estimate of drug-likeness (QED) is 0.249. The number of hydrogen-bond donors (Lipinski definition) is 0. The van der Waals surface area contributed by atoms with E-state index < -0.39 is 5.84 Å². The minimum Gasteiger partial charge on any atom is -0.302 e. The van der Waals surface area contributed by atoms with Crippen LogP contribution in [0.1, 0.15) is 0 Å². The van der Waals surface area contributed by atoms with Gasteiger partial charge in [-0.25, -0.2) is 0 Å². The summed E-state index contributed by atoms with van der Waals surface area (Å²) in [5, 5.41) is 4.42. The number of fused-ring (bicyclic) bond motifs is 3. The maximum atomic E-state index is 12.5. The third kappa shape index (κ3) is 3.98. The van der Waals surface area contributed by atoms with Gasteiger partial charge in [0.25, 0.3) is 0 Å². The van der Waals surface area contributed by atoms with Gasteiger partial charge in [0.05, 0.1) is 0 Å². The van der Waals surface area contributed by atoms with Crippen molar-refractivity contribution in [3.8, 4) is 0 Å². The highest BCUT2D eigenvalue weighted by molar-refractivity contribution is 9.42. The summed E-state index contributed by atoms with van der Waals surface area (Å²) in [4.78, 5) is 0. The summed E-state index contributed by atoms with van der Waals surface area (Å²) >= 11 is 5.22. The lowest BCUT2D eigenvalue weighted by Crippen LogP contribution is -2.10. The lowest BCUT2D eigenvalue weighted by atomic mass is 10.2. The first-order chi connectivity index (χ1) is 13.7. The Morgan fingerprint density at radius 2 is 0.893 bits per heavy atom. The van der Waals surface area contributed by atoms with Crippen LogP contribution in [0.25, 0.3) is 20.2 Å².